The summed E-state index contributed by atoms with van der Waals surface area (Å²) in [6.07, 6.45) is 0.468. The number of hydrogen-bond acceptors (Lipinski definition) is 3. The van der Waals surface area contributed by atoms with Crippen molar-refractivity contribution in [3.8, 4) is 0 Å². The van der Waals surface area contributed by atoms with Crippen LogP contribution in [0.3, 0.4) is 0 Å². The maximum Gasteiger partial charge on any atom is 0.0921 e. The summed E-state index contributed by atoms with van der Waals surface area (Å²) in [6, 6.07) is -0.450. The van der Waals surface area contributed by atoms with Crippen LogP contribution in [0, 0.1) is 5.41 Å². The van der Waals surface area contributed by atoms with Gasteiger partial charge < -0.3 is 9.84 Å². The van der Waals surface area contributed by atoms with Crippen LogP contribution in [0.1, 0.15) is 40.5 Å². The molecule has 4 unspecified atom stereocenters. The average Bonchev–Trinajstić information content (AvgIpc) is 2.43. The van der Waals surface area contributed by atoms with Gasteiger partial charge in [-0.3, -0.25) is 0 Å². The van der Waals surface area contributed by atoms with Gasteiger partial charge in [-0.05, 0) is 23.8 Å². The van der Waals surface area contributed by atoms with E-state index in [1.54, 1.807) is 0 Å². The molecule has 1 heterocycles. The first-order chi connectivity index (χ1) is 7.39. The van der Waals surface area contributed by atoms with E-state index in [0.29, 0.717) is 0 Å². The van der Waals surface area contributed by atoms with Gasteiger partial charge in [-0.2, -0.15) is 0 Å². The van der Waals surface area contributed by atoms with Crippen molar-refractivity contribution in [2.75, 3.05) is 0 Å². The first kappa shape index (κ1) is 13.3. The number of nitrogens with zero attached hydrogens (tertiary/aromatic N) is 3. The summed E-state index contributed by atoms with van der Waals surface area (Å²) in [5.41, 5.74) is 8.60. The maximum absolute atomic E-state index is 9.96. The zero-order valence-corrected chi connectivity index (χ0v) is 10.4. The predicted octanol–water partition coefficient (Wildman–Crippen LogP) is 2.64. The van der Waals surface area contributed by atoms with E-state index < -0.39 is 12.1 Å². The van der Waals surface area contributed by atoms with Crippen molar-refractivity contribution < 1.29 is 9.84 Å². The lowest BCUT2D eigenvalue weighted by atomic mass is 9.86. The molecule has 1 aliphatic heterocycles. The van der Waals surface area contributed by atoms with Crippen molar-refractivity contribution >= 4 is 0 Å². The molecule has 0 aliphatic carbocycles. The van der Waals surface area contributed by atoms with Gasteiger partial charge in [0.25, 0.3) is 0 Å². The van der Waals surface area contributed by atoms with Crippen LogP contribution in [0.4, 0.5) is 0 Å². The van der Waals surface area contributed by atoms with Gasteiger partial charge in [-0.15, -0.1) is 0 Å². The highest BCUT2D eigenvalue weighted by atomic mass is 16.5. The molecular formula is C11H21N3O2. The molecule has 4 atom stereocenters. The second-order valence-electron chi connectivity index (χ2n) is 5.57. The first-order valence-corrected chi connectivity index (χ1v) is 5.76. The lowest BCUT2D eigenvalue weighted by molar-refractivity contribution is -0.00463. The van der Waals surface area contributed by atoms with E-state index in [1.165, 1.54) is 0 Å². The minimum atomic E-state index is -0.673. The van der Waals surface area contributed by atoms with E-state index in [-0.39, 0.29) is 17.6 Å². The lowest BCUT2D eigenvalue weighted by Crippen LogP contribution is -2.32. The zero-order chi connectivity index (χ0) is 12.3. The Balaban J connectivity index is 2.78. The van der Waals surface area contributed by atoms with Gasteiger partial charge in [0.1, 0.15) is 0 Å². The van der Waals surface area contributed by atoms with Crippen molar-refractivity contribution in [2.45, 2.75) is 64.9 Å². The summed E-state index contributed by atoms with van der Waals surface area (Å²) in [4.78, 5) is 2.80. The highest BCUT2D eigenvalue weighted by Gasteiger charge is 2.43. The van der Waals surface area contributed by atoms with E-state index >= 15 is 0 Å². The molecule has 0 aromatic heterocycles. The molecule has 92 valence electrons. The van der Waals surface area contributed by atoms with Crippen LogP contribution >= 0.6 is 0 Å². The third-order valence-electron chi connectivity index (χ3n) is 2.86. The molecule has 1 aliphatic rings. The summed E-state index contributed by atoms with van der Waals surface area (Å²) in [5.74, 6) is 0. The number of rotatable bonds is 3. The molecule has 0 bridgehead atoms. The molecule has 16 heavy (non-hydrogen) atoms. The van der Waals surface area contributed by atoms with Gasteiger partial charge in [0.2, 0.25) is 0 Å². The summed E-state index contributed by atoms with van der Waals surface area (Å²) >= 11 is 0. The van der Waals surface area contributed by atoms with Crippen molar-refractivity contribution in [1.29, 1.82) is 0 Å². The van der Waals surface area contributed by atoms with E-state index in [2.05, 4.69) is 30.8 Å². The highest BCUT2D eigenvalue weighted by Crippen LogP contribution is 2.33. The maximum atomic E-state index is 9.96. The quantitative estimate of drug-likeness (QED) is 0.457. The Bertz CT molecular complexity index is 281. The molecule has 0 aromatic carbocycles. The molecule has 0 radical (unpaired) electrons. The largest absolute Gasteiger partial charge is 0.390 e. The lowest BCUT2D eigenvalue weighted by Gasteiger charge is -2.24. The molecule has 0 aromatic rings. The number of ether oxygens (including phenoxy) is 1. The summed E-state index contributed by atoms with van der Waals surface area (Å²) in [5, 5.41) is 13.6. The van der Waals surface area contributed by atoms with Crippen molar-refractivity contribution in [3.63, 3.8) is 0 Å². The smallest absolute Gasteiger partial charge is 0.0921 e. The Morgan fingerprint density at radius 2 is 2.00 bits per heavy atom. The Morgan fingerprint density at radius 3 is 2.44 bits per heavy atom. The van der Waals surface area contributed by atoms with Crippen LogP contribution in [0.5, 0.6) is 0 Å². The third-order valence-corrected chi connectivity index (χ3v) is 2.86. The SMILES string of the molecule is CCC1OC(CC(C)(C)C)C(N=[N+]=[N-])C1O. The molecule has 1 fully saturated rings. The van der Waals surface area contributed by atoms with Crippen LogP contribution in [-0.4, -0.2) is 29.5 Å². The number of aliphatic hydroxyl groups excluding tert-OH is 1. The molecule has 1 saturated heterocycles. The summed E-state index contributed by atoms with van der Waals surface area (Å²) in [6.45, 7) is 8.28. The first-order valence-electron chi connectivity index (χ1n) is 5.76. The topological polar surface area (TPSA) is 78.2 Å². The third kappa shape index (κ3) is 3.11. The molecule has 0 spiro atoms. The van der Waals surface area contributed by atoms with Crippen molar-refractivity contribution in [3.05, 3.63) is 10.4 Å². The van der Waals surface area contributed by atoms with Gasteiger partial charge in [-0.25, -0.2) is 0 Å². The van der Waals surface area contributed by atoms with E-state index in [0.717, 1.165) is 12.8 Å². The van der Waals surface area contributed by atoms with E-state index in [1.807, 2.05) is 6.92 Å². The molecule has 5 heteroatoms. The second kappa shape index (κ2) is 5.04. The van der Waals surface area contributed by atoms with Crippen LogP contribution in [0.25, 0.3) is 10.4 Å². The Hall–Kier alpha value is -0.770. The van der Waals surface area contributed by atoms with Gasteiger partial charge in [0.15, 0.2) is 0 Å². The average molecular weight is 227 g/mol. The minimum absolute atomic E-state index is 0.0935. The van der Waals surface area contributed by atoms with Gasteiger partial charge in [0.05, 0.1) is 24.4 Å². The van der Waals surface area contributed by atoms with Crippen LogP contribution < -0.4 is 0 Å². The number of aliphatic hydroxyl groups is 1. The van der Waals surface area contributed by atoms with Crippen molar-refractivity contribution in [1.82, 2.24) is 0 Å². The Labute approximate surface area is 96.4 Å². The standard InChI is InChI=1S/C11H21N3O2/c1-5-7-10(15)9(13-14-12)8(16-7)6-11(2,3)4/h7-10,15H,5-6H2,1-4H3. The Morgan fingerprint density at radius 1 is 1.38 bits per heavy atom. The normalized spacial score (nSPS) is 34.8. The fourth-order valence-corrected chi connectivity index (χ4v) is 2.14. The summed E-state index contributed by atoms with van der Waals surface area (Å²) in [7, 11) is 0. The highest BCUT2D eigenvalue weighted by molar-refractivity contribution is 4.96. The van der Waals surface area contributed by atoms with E-state index in [9.17, 15) is 5.11 Å². The zero-order valence-electron chi connectivity index (χ0n) is 10.4. The minimum Gasteiger partial charge on any atom is -0.390 e. The predicted molar refractivity (Wildman–Crippen MR) is 62.0 cm³/mol. The summed E-state index contributed by atoms with van der Waals surface area (Å²) < 4.78 is 5.75. The van der Waals surface area contributed by atoms with Crippen molar-refractivity contribution in [2.24, 2.45) is 10.5 Å². The number of hydrogen-bond donors (Lipinski definition) is 1. The van der Waals surface area contributed by atoms with Crippen LogP contribution in [0.15, 0.2) is 5.11 Å². The van der Waals surface area contributed by atoms with Gasteiger partial charge >= 0.3 is 0 Å². The van der Waals surface area contributed by atoms with E-state index in [4.69, 9.17) is 10.3 Å². The molecule has 1 rings (SSSR count). The fraction of sp³-hybridized carbons (Fsp3) is 1.00. The molecule has 1 N–H and O–H groups in total. The molecular weight excluding hydrogens is 206 g/mol. The molecule has 0 saturated carbocycles. The molecule has 5 nitrogen and oxygen atoms in total. The Kier molecular flexibility index (Phi) is 4.19. The molecule has 0 amide bonds. The fourth-order valence-electron chi connectivity index (χ4n) is 2.14. The monoisotopic (exact) mass is 227 g/mol. The van der Waals surface area contributed by atoms with Gasteiger partial charge in [0, 0.05) is 4.91 Å². The van der Waals surface area contributed by atoms with Crippen LogP contribution in [0.2, 0.25) is 0 Å². The second-order valence-corrected chi connectivity index (χ2v) is 5.57. The van der Waals surface area contributed by atoms with Gasteiger partial charge in [-0.1, -0.05) is 32.8 Å². The van der Waals surface area contributed by atoms with Crippen LogP contribution in [-0.2, 0) is 4.74 Å². The number of azide groups is 1.